The maximum absolute atomic E-state index is 11.8. The van der Waals surface area contributed by atoms with Gasteiger partial charge < -0.3 is 15.2 Å². The normalized spacial score (nSPS) is 11.7. The van der Waals surface area contributed by atoms with Gasteiger partial charge in [-0.15, -0.1) is 16.8 Å². The second-order valence-electron chi connectivity index (χ2n) is 4.42. The van der Waals surface area contributed by atoms with Gasteiger partial charge in [0.2, 0.25) is 11.8 Å². The van der Waals surface area contributed by atoms with Crippen molar-refractivity contribution in [2.75, 3.05) is 12.3 Å². The summed E-state index contributed by atoms with van der Waals surface area (Å²) in [6.07, 6.45) is 4.18. The van der Waals surface area contributed by atoms with Crippen LogP contribution in [-0.2, 0) is 16.1 Å². The first-order chi connectivity index (χ1) is 10.1. The van der Waals surface area contributed by atoms with E-state index in [0.717, 1.165) is 6.42 Å². The Hall–Kier alpha value is -1.83. The van der Waals surface area contributed by atoms with Gasteiger partial charge in [0.1, 0.15) is 12.4 Å². The zero-order valence-electron chi connectivity index (χ0n) is 12.3. The number of carbonyl (C=O) groups excluding carboxylic acids is 2. The quantitative estimate of drug-likeness (QED) is 0.514. The maximum atomic E-state index is 11.8. The van der Waals surface area contributed by atoms with Gasteiger partial charge in [0.15, 0.2) is 5.16 Å². The smallest absolute Gasteiger partial charge is 0.242 e. The van der Waals surface area contributed by atoms with E-state index in [9.17, 15) is 9.59 Å². The number of hydrogen-bond acceptors (Lipinski definition) is 5. The van der Waals surface area contributed by atoms with Gasteiger partial charge in [-0.1, -0.05) is 24.8 Å². The zero-order chi connectivity index (χ0) is 15.7. The highest BCUT2D eigenvalue weighted by atomic mass is 32.2. The lowest BCUT2D eigenvalue weighted by Crippen LogP contribution is -2.45. The SMILES string of the molecule is C=CCn1cnnc1SCC(=O)N[C@@H](C)C(=O)NCCC. The van der Waals surface area contributed by atoms with Gasteiger partial charge in [0.25, 0.3) is 0 Å². The van der Waals surface area contributed by atoms with Crippen LogP contribution in [0.25, 0.3) is 0 Å². The molecule has 116 valence electrons. The van der Waals surface area contributed by atoms with E-state index in [1.54, 1.807) is 23.9 Å². The van der Waals surface area contributed by atoms with Crippen molar-refractivity contribution in [3.63, 3.8) is 0 Å². The second kappa shape index (κ2) is 9.17. The Balaban J connectivity index is 2.38. The molecule has 0 spiro atoms. The number of allylic oxidation sites excluding steroid dienone is 1. The van der Waals surface area contributed by atoms with Crippen molar-refractivity contribution in [1.82, 2.24) is 25.4 Å². The topological polar surface area (TPSA) is 88.9 Å². The highest BCUT2D eigenvalue weighted by Gasteiger charge is 2.15. The first kappa shape index (κ1) is 17.2. The fourth-order valence-corrected chi connectivity index (χ4v) is 2.24. The number of nitrogens with zero attached hydrogens (tertiary/aromatic N) is 3. The standard InChI is InChI=1S/C13H21N5O2S/c1-4-6-14-12(20)10(3)16-11(19)8-21-13-17-15-9-18(13)7-5-2/h5,9-10H,2,4,6-8H2,1,3H3,(H,14,20)(H,16,19)/t10-/m0/s1. The number of carbonyl (C=O) groups is 2. The van der Waals surface area contributed by atoms with Crippen LogP contribution in [0.3, 0.4) is 0 Å². The van der Waals surface area contributed by atoms with Crippen LogP contribution in [-0.4, -0.2) is 44.9 Å². The van der Waals surface area contributed by atoms with Crippen LogP contribution in [0.1, 0.15) is 20.3 Å². The van der Waals surface area contributed by atoms with Gasteiger partial charge in [-0.3, -0.25) is 9.59 Å². The molecule has 0 saturated carbocycles. The molecule has 1 heterocycles. The second-order valence-corrected chi connectivity index (χ2v) is 5.37. The molecule has 0 saturated heterocycles. The van der Waals surface area contributed by atoms with E-state index in [4.69, 9.17) is 0 Å². The van der Waals surface area contributed by atoms with E-state index in [1.165, 1.54) is 11.8 Å². The molecule has 7 nitrogen and oxygen atoms in total. The summed E-state index contributed by atoms with van der Waals surface area (Å²) in [7, 11) is 0. The Morgan fingerprint density at radius 2 is 2.33 bits per heavy atom. The molecule has 0 bridgehead atoms. The predicted octanol–water partition coefficient (Wildman–Crippen LogP) is 0.587. The van der Waals surface area contributed by atoms with Crippen LogP contribution in [0.4, 0.5) is 0 Å². The minimum atomic E-state index is -0.546. The highest BCUT2D eigenvalue weighted by Crippen LogP contribution is 2.14. The molecule has 1 rings (SSSR count). The number of rotatable bonds is 9. The van der Waals surface area contributed by atoms with E-state index >= 15 is 0 Å². The predicted molar refractivity (Wildman–Crippen MR) is 81.8 cm³/mol. The third kappa shape index (κ3) is 5.99. The molecule has 0 aliphatic heterocycles. The lowest BCUT2D eigenvalue weighted by Gasteiger charge is -2.13. The van der Waals surface area contributed by atoms with Crippen molar-refractivity contribution in [3.05, 3.63) is 19.0 Å². The molecule has 0 radical (unpaired) electrons. The molecular weight excluding hydrogens is 290 g/mol. The van der Waals surface area contributed by atoms with E-state index in [1.807, 2.05) is 6.92 Å². The summed E-state index contributed by atoms with van der Waals surface area (Å²) < 4.78 is 1.79. The average Bonchev–Trinajstić information content (AvgIpc) is 2.90. The van der Waals surface area contributed by atoms with Crippen LogP contribution in [0.2, 0.25) is 0 Å². The molecule has 1 aromatic rings. The summed E-state index contributed by atoms with van der Waals surface area (Å²) in [5, 5.41) is 13.8. The molecule has 1 atom stereocenters. The van der Waals surface area contributed by atoms with Gasteiger partial charge in [-0.05, 0) is 13.3 Å². The molecule has 21 heavy (non-hydrogen) atoms. The van der Waals surface area contributed by atoms with Gasteiger partial charge in [0, 0.05) is 13.1 Å². The number of hydrogen-bond donors (Lipinski definition) is 2. The van der Waals surface area contributed by atoms with Crippen molar-refractivity contribution < 1.29 is 9.59 Å². The van der Waals surface area contributed by atoms with E-state index in [-0.39, 0.29) is 17.6 Å². The van der Waals surface area contributed by atoms with Crippen LogP contribution in [0, 0.1) is 0 Å². The third-order valence-corrected chi connectivity index (χ3v) is 3.54. The maximum Gasteiger partial charge on any atom is 0.242 e. The van der Waals surface area contributed by atoms with Crippen molar-refractivity contribution >= 4 is 23.6 Å². The first-order valence-electron chi connectivity index (χ1n) is 6.77. The summed E-state index contributed by atoms with van der Waals surface area (Å²) in [6.45, 7) is 8.48. The molecule has 0 aromatic carbocycles. The molecule has 0 aliphatic rings. The fourth-order valence-electron chi connectivity index (χ4n) is 1.50. The molecule has 2 amide bonds. The van der Waals surface area contributed by atoms with Gasteiger partial charge in [0.05, 0.1) is 5.75 Å². The Labute approximate surface area is 128 Å². The molecule has 0 fully saturated rings. The minimum Gasteiger partial charge on any atom is -0.354 e. The van der Waals surface area contributed by atoms with Crippen molar-refractivity contribution in [1.29, 1.82) is 0 Å². The Kier molecular flexibility index (Phi) is 7.52. The largest absolute Gasteiger partial charge is 0.354 e. The number of aromatic nitrogens is 3. The highest BCUT2D eigenvalue weighted by molar-refractivity contribution is 7.99. The Morgan fingerprint density at radius 1 is 1.57 bits per heavy atom. The number of amides is 2. The minimum absolute atomic E-state index is 0.176. The van der Waals surface area contributed by atoms with Crippen LogP contribution >= 0.6 is 11.8 Å². The molecular formula is C13H21N5O2S. The molecule has 2 N–H and O–H groups in total. The van der Waals surface area contributed by atoms with Gasteiger partial charge >= 0.3 is 0 Å². The van der Waals surface area contributed by atoms with Gasteiger partial charge in [-0.2, -0.15) is 0 Å². The molecule has 0 unspecified atom stereocenters. The Morgan fingerprint density at radius 3 is 3.00 bits per heavy atom. The number of thioether (sulfide) groups is 1. The van der Waals surface area contributed by atoms with Crippen molar-refractivity contribution in [2.45, 2.75) is 38.0 Å². The summed E-state index contributed by atoms with van der Waals surface area (Å²) in [4.78, 5) is 23.4. The monoisotopic (exact) mass is 311 g/mol. The van der Waals surface area contributed by atoms with Crippen LogP contribution < -0.4 is 10.6 Å². The molecule has 0 aliphatic carbocycles. The van der Waals surface area contributed by atoms with Crippen LogP contribution in [0.15, 0.2) is 24.1 Å². The summed E-state index contributed by atoms with van der Waals surface area (Å²) in [6, 6.07) is -0.546. The fraction of sp³-hybridized carbons (Fsp3) is 0.538. The van der Waals surface area contributed by atoms with Crippen LogP contribution in [0.5, 0.6) is 0 Å². The third-order valence-electron chi connectivity index (χ3n) is 2.56. The lowest BCUT2D eigenvalue weighted by atomic mass is 10.3. The number of nitrogens with one attached hydrogen (secondary N) is 2. The molecule has 8 heteroatoms. The Bertz CT molecular complexity index is 489. The van der Waals surface area contributed by atoms with E-state index < -0.39 is 6.04 Å². The van der Waals surface area contributed by atoms with Crippen molar-refractivity contribution in [3.8, 4) is 0 Å². The zero-order valence-corrected chi connectivity index (χ0v) is 13.2. The van der Waals surface area contributed by atoms with Gasteiger partial charge in [-0.25, -0.2) is 0 Å². The van der Waals surface area contributed by atoms with E-state index in [2.05, 4.69) is 27.4 Å². The lowest BCUT2D eigenvalue weighted by molar-refractivity contribution is -0.127. The summed E-state index contributed by atoms with van der Waals surface area (Å²) >= 11 is 1.27. The summed E-state index contributed by atoms with van der Waals surface area (Å²) in [5.41, 5.74) is 0. The van der Waals surface area contributed by atoms with Crippen molar-refractivity contribution in [2.24, 2.45) is 0 Å². The molecule has 1 aromatic heterocycles. The first-order valence-corrected chi connectivity index (χ1v) is 7.75. The van der Waals surface area contributed by atoms with E-state index in [0.29, 0.717) is 18.2 Å². The average molecular weight is 311 g/mol. The summed E-state index contributed by atoms with van der Waals surface area (Å²) in [5.74, 6) is -0.210.